The lowest BCUT2D eigenvalue weighted by atomic mass is 10.1. The molecule has 2 aromatic carbocycles. The van der Waals surface area contributed by atoms with Gasteiger partial charge in [-0.3, -0.25) is 0 Å². The molecule has 1 heterocycles. The molecule has 3 rings (SSSR count). The molecular formula is C17H16N2O. The van der Waals surface area contributed by atoms with Gasteiger partial charge in [0.25, 0.3) is 0 Å². The number of methoxy groups -OCH3 is 1. The molecule has 0 unspecified atom stereocenters. The number of hydrogen-bond acceptors (Lipinski definition) is 2. The van der Waals surface area contributed by atoms with Gasteiger partial charge in [-0.15, -0.1) is 0 Å². The van der Waals surface area contributed by atoms with Gasteiger partial charge in [0.1, 0.15) is 5.75 Å². The molecule has 0 saturated heterocycles. The van der Waals surface area contributed by atoms with E-state index in [2.05, 4.69) is 36.3 Å². The Bertz CT molecular complexity index is 697. The van der Waals surface area contributed by atoms with Crippen molar-refractivity contribution in [2.45, 2.75) is 6.92 Å². The molecule has 3 nitrogen and oxygen atoms in total. The monoisotopic (exact) mass is 264 g/mol. The highest BCUT2D eigenvalue weighted by Crippen LogP contribution is 2.23. The zero-order valence-electron chi connectivity index (χ0n) is 11.6. The summed E-state index contributed by atoms with van der Waals surface area (Å²) in [6, 6.07) is 18.4. The Labute approximate surface area is 118 Å². The average molecular weight is 264 g/mol. The molecule has 1 aromatic heterocycles. The van der Waals surface area contributed by atoms with Crippen molar-refractivity contribution in [3.8, 4) is 22.7 Å². The van der Waals surface area contributed by atoms with Crippen LogP contribution in [0.3, 0.4) is 0 Å². The number of hydrogen-bond donors (Lipinski definition) is 0. The van der Waals surface area contributed by atoms with Crippen LogP contribution in [0.1, 0.15) is 5.56 Å². The second-order valence-corrected chi connectivity index (χ2v) is 4.69. The molecule has 0 radical (unpaired) electrons. The Hall–Kier alpha value is -2.55. The molecule has 0 aliphatic carbocycles. The molecule has 0 atom stereocenters. The van der Waals surface area contributed by atoms with Gasteiger partial charge in [-0.25, -0.2) is 4.68 Å². The highest BCUT2D eigenvalue weighted by atomic mass is 16.5. The van der Waals surface area contributed by atoms with Crippen molar-refractivity contribution in [1.29, 1.82) is 0 Å². The van der Waals surface area contributed by atoms with E-state index in [9.17, 15) is 0 Å². The second kappa shape index (κ2) is 5.21. The highest BCUT2D eigenvalue weighted by Gasteiger charge is 2.07. The normalized spacial score (nSPS) is 10.5. The summed E-state index contributed by atoms with van der Waals surface area (Å²) >= 11 is 0. The number of aryl methyl sites for hydroxylation is 1. The van der Waals surface area contributed by atoms with Crippen LogP contribution in [0, 0.1) is 6.92 Å². The number of nitrogens with zero attached hydrogens (tertiary/aromatic N) is 2. The molecule has 0 spiro atoms. The fraction of sp³-hybridized carbons (Fsp3) is 0.118. The number of ether oxygens (including phenoxy) is 1. The lowest BCUT2D eigenvalue weighted by Gasteiger charge is -2.08. The fourth-order valence-corrected chi connectivity index (χ4v) is 2.18. The van der Waals surface area contributed by atoms with E-state index in [1.807, 2.05) is 41.2 Å². The Balaban J connectivity index is 2.02. The summed E-state index contributed by atoms with van der Waals surface area (Å²) < 4.78 is 7.12. The van der Waals surface area contributed by atoms with Crippen LogP contribution in [0.5, 0.6) is 5.75 Å². The molecule has 3 aromatic rings. The third kappa shape index (κ3) is 2.30. The fourth-order valence-electron chi connectivity index (χ4n) is 2.18. The maximum absolute atomic E-state index is 5.18. The Morgan fingerprint density at radius 3 is 2.25 bits per heavy atom. The smallest absolute Gasteiger partial charge is 0.119 e. The van der Waals surface area contributed by atoms with Crippen LogP contribution in [0.4, 0.5) is 0 Å². The van der Waals surface area contributed by atoms with Crippen molar-refractivity contribution in [2.24, 2.45) is 0 Å². The first-order chi connectivity index (χ1) is 9.78. The molecule has 0 amide bonds. The minimum absolute atomic E-state index is 0.845. The van der Waals surface area contributed by atoms with Crippen LogP contribution in [-0.4, -0.2) is 16.9 Å². The van der Waals surface area contributed by atoms with Gasteiger partial charge in [-0.1, -0.05) is 29.8 Å². The standard InChI is InChI=1S/C17H16N2O/c1-13-3-5-14(6-4-13)17-11-12-18-19(17)15-7-9-16(20-2)10-8-15/h3-12H,1-2H3. The topological polar surface area (TPSA) is 27.1 Å². The number of aromatic nitrogens is 2. The van der Waals surface area contributed by atoms with Gasteiger partial charge in [0, 0.05) is 5.56 Å². The van der Waals surface area contributed by atoms with Crippen molar-refractivity contribution >= 4 is 0 Å². The quantitative estimate of drug-likeness (QED) is 0.718. The van der Waals surface area contributed by atoms with E-state index in [0.29, 0.717) is 0 Å². The molecule has 0 aliphatic heterocycles. The summed E-state index contributed by atoms with van der Waals surface area (Å²) in [4.78, 5) is 0. The minimum Gasteiger partial charge on any atom is -0.497 e. The summed E-state index contributed by atoms with van der Waals surface area (Å²) in [5.41, 5.74) is 4.51. The minimum atomic E-state index is 0.845. The summed E-state index contributed by atoms with van der Waals surface area (Å²) in [5.74, 6) is 0.845. The van der Waals surface area contributed by atoms with Crippen molar-refractivity contribution in [3.63, 3.8) is 0 Å². The Kier molecular flexibility index (Phi) is 3.25. The van der Waals surface area contributed by atoms with Gasteiger partial charge in [-0.05, 0) is 37.3 Å². The molecule has 0 saturated carbocycles. The summed E-state index contributed by atoms with van der Waals surface area (Å²) in [7, 11) is 1.67. The van der Waals surface area contributed by atoms with Crippen LogP contribution in [-0.2, 0) is 0 Å². The third-order valence-corrected chi connectivity index (χ3v) is 3.31. The van der Waals surface area contributed by atoms with E-state index < -0.39 is 0 Å². The Morgan fingerprint density at radius 1 is 0.900 bits per heavy atom. The van der Waals surface area contributed by atoms with Crippen LogP contribution >= 0.6 is 0 Å². The predicted molar refractivity (Wildman–Crippen MR) is 80.3 cm³/mol. The van der Waals surface area contributed by atoms with Crippen LogP contribution in [0.2, 0.25) is 0 Å². The first kappa shape index (κ1) is 12.5. The first-order valence-corrected chi connectivity index (χ1v) is 6.53. The molecule has 0 aliphatic rings. The molecule has 20 heavy (non-hydrogen) atoms. The van der Waals surface area contributed by atoms with E-state index >= 15 is 0 Å². The van der Waals surface area contributed by atoms with Gasteiger partial charge in [0.05, 0.1) is 24.7 Å². The highest BCUT2D eigenvalue weighted by molar-refractivity contribution is 5.62. The summed E-state index contributed by atoms with van der Waals surface area (Å²) in [6.45, 7) is 2.09. The zero-order valence-corrected chi connectivity index (χ0v) is 11.6. The van der Waals surface area contributed by atoms with Crippen molar-refractivity contribution < 1.29 is 4.74 Å². The maximum atomic E-state index is 5.18. The van der Waals surface area contributed by atoms with Gasteiger partial charge in [0.15, 0.2) is 0 Å². The summed E-state index contributed by atoms with van der Waals surface area (Å²) in [6.07, 6.45) is 1.82. The van der Waals surface area contributed by atoms with E-state index in [0.717, 1.165) is 22.7 Å². The van der Waals surface area contributed by atoms with Crippen molar-refractivity contribution in [3.05, 3.63) is 66.4 Å². The molecule has 3 heteroatoms. The average Bonchev–Trinajstić information content (AvgIpc) is 2.97. The zero-order chi connectivity index (χ0) is 13.9. The summed E-state index contributed by atoms with van der Waals surface area (Å²) in [5, 5.41) is 4.42. The van der Waals surface area contributed by atoms with Crippen molar-refractivity contribution in [1.82, 2.24) is 9.78 Å². The molecule has 0 N–H and O–H groups in total. The third-order valence-electron chi connectivity index (χ3n) is 3.31. The Morgan fingerprint density at radius 2 is 1.60 bits per heavy atom. The van der Waals surface area contributed by atoms with Gasteiger partial charge < -0.3 is 4.74 Å². The lowest BCUT2D eigenvalue weighted by molar-refractivity contribution is 0.414. The largest absolute Gasteiger partial charge is 0.497 e. The number of rotatable bonds is 3. The van der Waals surface area contributed by atoms with E-state index in [1.54, 1.807) is 7.11 Å². The van der Waals surface area contributed by atoms with E-state index in [4.69, 9.17) is 4.74 Å². The van der Waals surface area contributed by atoms with E-state index in [-0.39, 0.29) is 0 Å². The van der Waals surface area contributed by atoms with Gasteiger partial charge >= 0.3 is 0 Å². The SMILES string of the molecule is COc1ccc(-n2nccc2-c2ccc(C)cc2)cc1. The van der Waals surface area contributed by atoms with Crippen LogP contribution in [0.15, 0.2) is 60.8 Å². The molecular weight excluding hydrogens is 248 g/mol. The molecule has 0 bridgehead atoms. The lowest BCUT2D eigenvalue weighted by Crippen LogP contribution is -1.98. The second-order valence-electron chi connectivity index (χ2n) is 4.69. The molecule has 0 fully saturated rings. The van der Waals surface area contributed by atoms with E-state index in [1.165, 1.54) is 5.56 Å². The molecule has 100 valence electrons. The van der Waals surface area contributed by atoms with Gasteiger partial charge in [-0.2, -0.15) is 5.10 Å². The van der Waals surface area contributed by atoms with Gasteiger partial charge in [0.2, 0.25) is 0 Å². The predicted octanol–water partition coefficient (Wildman–Crippen LogP) is 3.86. The van der Waals surface area contributed by atoms with Crippen LogP contribution in [0.25, 0.3) is 16.9 Å². The maximum Gasteiger partial charge on any atom is 0.119 e. The number of benzene rings is 2. The van der Waals surface area contributed by atoms with Crippen molar-refractivity contribution in [2.75, 3.05) is 7.11 Å². The van der Waals surface area contributed by atoms with Crippen LogP contribution < -0.4 is 4.74 Å². The first-order valence-electron chi connectivity index (χ1n) is 6.53.